The third kappa shape index (κ3) is 6.70. The van der Waals surface area contributed by atoms with Crippen molar-refractivity contribution in [2.45, 2.75) is 26.7 Å². The molecule has 0 aliphatic heterocycles. The zero-order valence-electron chi connectivity index (χ0n) is 15.9. The Kier molecular flexibility index (Phi) is 8.48. The van der Waals surface area contributed by atoms with Crippen LogP contribution < -0.4 is 25.6 Å². The van der Waals surface area contributed by atoms with E-state index >= 15 is 0 Å². The molecule has 0 unspecified atom stereocenters. The highest BCUT2D eigenvalue weighted by atomic mass is 32.1. The fourth-order valence-corrected chi connectivity index (χ4v) is 2.41. The van der Waals surface area contributed by atoms with Crippen LogP contribution in [0.5, 0.6) is 11.5 Å². The van der Waals surface area contributed by atoms with Gasteiger partial charge in [0.05, 0.1) is 13.2 Å². The molecular weight excluding hydrogens is 381 g/mol. The van der Waals surface area contributed by atoms with Gasteiger partial charge in [-0.2, -0.15) is 0 Å². The first-order chi connectivity index (χ1) is 13.5. The van der Waals surface area contributed by atoms with Crippen molar-refractivity contribution in [3.05, 3.63) is 53.8 Å². The van der Waals surface area contributed by atoms with Crippen LogP contribution in [0.2, 0.25) is 0 Å². The Hall–Kier alpha value is -2.87. The number of hydrogen-bond acceptors (Lipinski definition) is 4. The molecule has 0 radical (unpaired) electrons. The van der Waals surface area contributed by atoms with Gasteiger partial charge in [-0.05, 0) is 68.0 Å². The van der Waals surface area contributed by atoms with Crippen LogP contribution in [0.1, 0.15) is 37.0 Å². The number of hydrazine groups is 1. The molecule has 6 nitrogen and oxygen atoms in total. The summed E-state index contributed by atoms with van der Waals surface area (Å²) >= 11 is 5.11. The summed E-state index contributed by atoms with van der Waals surface area (Å²) in [5.74, 6) is 0.390. The molecule has 0 aromatic heterocycles. The van der Waals surface area contributed by atoms with E-state index in [9.17, 15) is 9.18 Å². The summed E-state index contributed by atoms with van der Waals surface area (Å²) in [6, 6.07) is 10.7. The number of benzene rings is 2. The first kappa shape index (κ1) is 21.4. The first-order valence-corrected chi connectivity index (χ1v) is 9.46. The quantitative estimate of drug-likeness (QED) is 0.350. The van der Waals surface area contributed by atoms with Crippen LogP contribution in [0.15, 0.2) is 42.5 Å². The van der Waals surface area contributed by atoms with Gasteiger partial charge >= 0.3 is 0 Å². The predicted molar refractivity (Wildman–Crippen MR) is 111 cm³/mol. The second-order valence-corrected chi connectivity index (χ2v) is 6.24. The molecule has 0 saturated carbocycles. The third-order valence-electron chi connectivity index (χ3n) is 3.65. The number of amides is 1. The predicted octanol–water partition coefficient (Wildman–Crippen LogP) is 4.03. The summed E-state index contributed by atoms with van der Waals surface area (Å²) in [5.41, 5.74) is 6.10. The Labute approximate surface area is 169 Å². The van der Waals surface area contributed by atoms with Crippen molar-refractivity contribution in [2.75, 3.05) is 18.5 Å². The van der Waals surface area contributed by atoms with Crippen molar-refractivity contribution >= 4 is 28.9 Å². The van der Waals surface area contributed by atoms with E-state index in [1.165, 1.54) is 24.3 Å². The van der Waals surface area contributed by atoms with Crippen LogP contribution in [0, 0.1) is 5.82 Å². The number of unbranched alkanes of at least 4 members (excludes halogenated alkanes) is 1. The molecule has 0 saturated heterocycles. The Morgan fingerprint density at radius 2 is 1.79 bits per heavy atom. The van der Waals surface area contributed by atoms with E-state index in [-0.39, 0.29) is 16.8 Å². The zero-order chi connectivity index (χ0) is 20.4. The van der Waals surface area contributed by atoms with E-state index in [0.717, 1.165) is 12.8 Å². The SMILES string of the molecule is CCCCOc1ccc(C(=O)NNC(=S)Nc2ccc(F)cc2)cc1OCC. The normalized spacial score (nSPS) is 10.1. The Morgan fingerprint density at radius 1 is 1.04 bits per heavy atom. The molecule has 0 heterocycles. The minimum absolute atomic E-state index is 0.171. The van der Waals surface area contributed by atoms with Crippen LogP contribution in [0.25, 0.3) is 0 Å². The van der Waals surface area contributed by atoms with Crippen LogP contribution in [0.3, 0.4) is 0 Å². The lowest BCUT2D eigenvalue weighted by Gasteiger charge is -2.14. The summed E-state index contributed by atoms with van der Waals surface area (Å²) in [5, 5.41) is 3.01. The van der Waals surface area contributed by atoms with Gasteiger partial charge in [0, 0.05) is 11.3 Å². The maximum absolute atomic E-state index is 12.9. The number of ether oxygens (including phenoxy) is 2. The minimum atomic E-state index is -0.385. The number of halogens is 1. The highest BCUT2D eigenvalue weighted by Gasteiger charge is 2.12. The fourth-order valence-electron chi connectivity index (χ4n) is 2.24. The molecule has 1 amide bonds. The van der Waals surface area contributed by atoms with Gasteiger partial charge in [-0.25, -0.2) is 4.39 Å². The highest BCUT2D eigenvalue weighted by molar-refractivity contribution is 7.80. The van der Waals surface area contributed by atoms with Crippen molar-refractivity contribution in [3.63, 3.8) is 0 Å². The van der Waals surface area contributed by atoms with E-state index in [0.29, 0.717) is 36.0 Å². The minimum Gasteiger partial charge on any atom is -0.490 e. The molecule has 8 heteroatoms. The number of carbonyl (C=O) groups excluding carboxylic acids is 1. The van der Waals surface area contributed by atoms with E-state index in [1.54, 1.807) is 18.2 Å². The third-order valence-corrected chi connectivity index (χ3v) is 3.86. The standard InChI is InChI=1S/C20H24FN3O3S/c1-3-5-12-27-17-11-6-14(13-18(17)26-4-2)19(25)23-24-20(28)22-16-9-7-15(21)8-10-16/h6-11,13H,3-5,12H2,1-2H3,(H,23,25)(H2,22,24,28). The largest absolute Gasteiger partial charge is 0.490 e. The summed E-state index contributed by atoms with van der Waals surface area (Å²) in [6.07, 6.45) is 1.97. The van der Waals surface area contributed by atoms with Gasteiger partial charge in [-0.3, -0.25) is 15.6 Å². The molecule has 0 bridgehead atoms. The molecule has 0 aliphatic carbocycles. The molecule has 0 atom stereocenters. The molecule has 0 spiro atoms. The second kappa shape index (κ2) is 11.1. The number of rotatable bonds is 8. The summed E-state index contributed by atoms with van der Waals surface area (Å²) < 4.78 is 24.2. The van der Waals surface area contributed by atoms with E-state index in [2.05, 4.69) is 23.1 Å². The van der Waals surface area contributed by atoms with Gasteiger partial charge in [0.2, 0.25) is 0 Å². The Bertz CT molecular complexity index is 800. The smallest absolute Gasteiger partial charge is 0.269 e. The van der Waals surface area contributed by atoms with Crippen molar-refractivity contribution in [1.82, 2.24) is 10.9 Å². The molecule has 28 heavy (non-hydrogen) atoms. The Morgan fingerprint density at radius 3 is 2.46 bits per heavy atom. The average Bonchev–Trinajstić information content (AvgIpc) is 2.69. The molecule has 2 aromatic rings. The molecule has 150 valence electrons. The Balaban J connectivity index is 1.94. The molecule has 2 rings (SSSR count). The molecule has 0 fully saturated rings. The number of thiocarbonyl (C=S) groups is 1. The first-order valence-electron chi connectivity index (χ1n) is 9.06. The van der Waals surface area contributed by atoms with Gasteiger partial charge < -0.3 is 14.8 Å². The molecular formula is C20H24FN3O3S. The van der Waals surface area contributed by atoms with Crippen LogP contribution >= 0.6 is 12.2 Å². The second-order valence-electron chi connectivity index (χ2n) is 5.84. The number of anilines is 1. The van der Waals surface area contributed by atoms with E-state index in [1.807, 2.05) is 6.92 Å². The zero-order valence-corrected chi connectivity index (χ0v) is 16.7. The highest BCUT2D eigenvalue weighted by Crippen LogP contribution is 2.28. The van der Waals surface area contributed by atoms with E-state index in [4.69, 9.17) is 21.7 Å². The lowest BCUT2D eigenvalue weighted by atomic mass is 10.2. The van der Waals surface area contributed by atoms with Gasteiger partial charge in [0.1, 0.15) is 5.82 Å². The summed E-state index contributed by atoms with van der Waals surface area (Å²) in [6.45, 7) is 5.00. The average molecular weight is 405 g/mol. The molecule has 2 aromatic carbocycles. The monoisotopic (exact) mass is 405 g/mol. The fraction of sp³-hybridized carbons (Fsp3) is 0.300. The maximum Gasteiger partial charge on any atom is 0.269 e. The number of nitrogens with one attached hydrogen (secondary N) is 3. The maximum atomic E-state index is 12.9. The van der Waals surface area contributed by atoms with E-state index < -0.39 is 0 Å². The summed E-state index contributed by atoms with van der Waals surface area (Å²) in [4.78, 5) is 12.4. The lowest BCUT2D eigenvalue weighted by Crippen LogP contribution is -2.43. The van der Waals surface area contributed by atoms with Gasteiger partial charge in [0.25, 0.3) is 5.91 Å². The lowest BCUT2D eigenvalue weighted by molar-refractivity contribution is 0.0943. The van der Waals surface area contributed by atoms with Crippen molar-refractivity contribution in [1.29, 1.82) is 0 Å². The van der Waals surface area contributed by atoms with Crippen molar-refractivity contribution in [3.8, 4) is 11.5 Å². The number of carbonyl (C=O) groups is 1. The van der Waals surface area contributed by atoms with Crippen molar-refractivity contribution in [2.24, 2.45) is 0 Å². The van der Waals surface area contributed by atoms with Crippen LogP contribution in [0.4, 0.5) is 10.1 Å². The van der Waals surface area contributed by atoms with Gasteiger partial charge in [-0.15, -0.1) is 0 Å². The molecule has 3 N–H and O–H groups in total. The molecule has 0 aliphatic rings. The van der Waals surface area contributed by atoms with Crippen LogP contribution in [-0.4, -0.2) is 24.2 Å². The van der Waals surface area contributed by atoms with Gasteiger partial charge in [-0.1, -0.05) is 13.3 Å². The topological polar surface area (TPSA) is 71.6 Å². The van der Waals surface area contributed by atoms with Gasteiger partial charge in [0.15, 0.2) is 16.6 Å². The summed E-state index contributed by atoms with van der Waals surface area (Å²) in [7, 11) is 0. The number of hydrogen-bond donors (Lipinski definition) is 3. The van der Waals surface area contributed by atoms with Crippen LogP contribution in [-0.2, 0) is 0 Å². The van der Waals surface area contributed by atoms with Crippen molar-refractivity contribution < 1.29 is 18.7 Å².